The van der Waals surface area contributed by atoms with Crippen molar-refractivity contribution in [2.75, 3.05) is 19.8 Å². The number of benzene rings is 1. The molecule has 0 amide bonds. The number of ether oxygens (including phenoxy) is 2. The van der Waals surface area contributed by atoms with E-state index in [0.29, 0.717) is 12.4 Å². The summed E-state index contributed by atoms with van der Waals surface area (Å²) in [7, 11) is -3.62. The molecule has 6 nitrogen and oxygen atoms in total. The molecule has 0 aliphatic rings. The number of hydrogen-bond acceptors (Lipinski definition) is 5. The Morgan fingerprint density at radius 3 is 2.35 bits per heavy atom. The van der Waals surface area contributed by atoms with Crippen LogP contribution in [0.4, 0.5) is 0 Å². The smallest absolute Gasteiger partial charge is 0.307 e. The van der Waals surface area contributed by atoms with E-state index in [4.69, 9.17) is 9.47 Å². The maximum Gasteiger partial charge on any atom is 0.307 e. The Labute approximate surface area is 119 Å². The molecule has 0 spiro atoms. The number of hydrogen-bond donors (Lipinski definition) is 1. The number of rotatable bonds is 8. The lowest BCUT2D eigenvalue weighted by Crippen LogP contribution is -2.26. The van der Waals surface area contributed by atoms with Gasteiger partial charge in [0.1, 0.15) is 5.75 Å². The molecule has 0 heterocycles. The summed E-state index contributed by atoms with van der Waals surface area (Å²) in [5, 5.41) is 0. The van der Waals surface area contributed by atoms with E-state index >= 15 is 0 Å². The minimum absolute atomic E-state index is 0.00407. The van der Waals surface area contributed by atoms with Crippen LogP contribution in [0.5, 0.6) is 5.75 Å². The van der Waals surface area contributed by atoms with Crippen molar-refractivity contribution in [2.24, 2.45) is 0 Å². The van der Waals surface area contributed by atoms with Gasteiger partial charge in [0.15, 0.2) is 0 Å². The van der Waals surface area contributed by atoms with Crippen molar-refractivity contribution < 1.29 is 22.7 Å². The van der Waals surface area contributed by atoms with Crippen molar-refractivity contribution >= 4 is 16.0 Å². The van der Waals surface area contributed by atoms with Crippen molar-refractivity contribution in [3.63, 3.8) is 0 Å². The molecule has 0 radical (unpaired) electrons. The fourth-order valence-corrected chi connectivity index (χ4v) is 2.52. The second-order valence-electron chi connectivity index (χ2n) is 3.86. The summed E-state index contributed by atoms with van der Waals surface area (Å²) >= 11 is 0. The molecule has 1 N–H and O–H groups in total. The van der Waals surface area contributed by atoms with E-state index in [-0.39, 0.29) is 24.5 Å². The van der Waals surface area contributed by atoms with Crippen LogP contribution in [0.3, 0.4) is 0 Å². The van der Waals surface area contributed by atoms with Gasteiger partial charge in [-0.05, 0) is 38.1 Å². The van der Waals surface area contributed by atoms with Gasteiger partial charge in [-0.3, -0.25) is 4.79 Å². The van der Waals surface area contributed by atoms with Crippen LogP contribution in [-0.4, -0.2) is 34.1 Å². The average molecular weight is 301 g/mol. The van der Waals surface area contributed by atoms with E-state index in [9.17, 15) is 13.2 Å². The quantitative estimate of drug-likeness (QED) is 0.732. The first-order chi connectivity index (χ1) is 9.49. The molecule has 20 heavy (non-hydrogen) atoms. The maximum absolute atomic E-state index is 11.9. The molecule has 0 unspecified atom stereocenters. The minimum Gasteiger partial charge on any atom is -0.494 e. The third kappa shape index (κ3) is 5.18. The van der Waals surface area contributed by atoms with Crippen molar-refractivity contribution in [3.8, 4) is 5.75 Å². The lowest BCUT2D eigenvalue weighted by Gasteiger charge is -2.08. The van der Waals surface area contributed by atoms with Crippen molar-refractivity contribution in [3.05, 3.63) is 24.3 Å². The Morgan fingerprint density at radius 2 is 1.80 bits per heavy atom. The Morgan fingerprint density at radius 1 is 1.15 bits per heavy atom. The molecular formula is C13H19NO5S. The molecule has 0 saturated heterocycles. The molecule has 0 saturated carbocycles. The van der Waals surface area contributed by atoms with E-state index < -0.39 is 16.0 Å². The number of sulfonamides is 1. The first-order valence-electron chi connectivity index (χ1n) is 6.37. The van der Waals surface area contributed by atoms with Crippen LogP contribution in [0.1, 0.15) is 20.3 Å². The van der Waals surface area contributed by atoms with Gasteiger partial charge < -0.3 is 9.47 Å². The summed E-state index contributed by atoms with van der Waals surface area (Å²) in [6, 6.07) is 6.09. The molecule has 7 heteroatoms. The number of carbonyl (C=O) groups excluding carboxylic acids is 1. The second kappa shape index (κ2) is 7.86. The van der Waals surface area contributed by atoms with Crippen molar-refractivity contribution in [2.45, 2.75) is 25.2 Å². The van der Waals surface area contributed by atoms with E-state index in [2.05, 4.69) is 4.72 Å². The normalized spacial score (nSPS) is 11.1. The summed E-state index contributed by atoms with van der Waals surface area (Å²) in [6.07, 6.45) is 0.00407. The van der Waals surface area contributed by atoms with Gasteiger partial charge in [-0.2, -0.15) is 0 Å². The predicted octanol–water partition coefficient (Wildman–Crippen LogP) is 1.32. The van der Waals surface area contributed by atoms with Crippen LogP contribution in [-0.2, 0) is 19.6 Å². The molecule has 0 aliphatic heterocycles. The Kier molecular flexibility index (Phi) is 6.47. The maximum atomic E-state index is 11.9. The van der Waals surface area contributed by atoms with Crippen LogP contribution < -0.4 is 9.46 Å². The van der Waals surface area contributed by atoms with E-state index in [1.807, 2.05) is 6.92 Å². The van der Waals surface area contributed by atoms with E-state index in [0.717, 1.165) is 0 Å². The zero-order valence-electron chi connectivity index (χ0n) is 11.6. The van der Waals surface area contributed by atoms with Gasteiger partial charge in [-0.25, -0.2) is 13.1 Å². The Bertz CT molecular complexity index is 524. The van der Waals surface area contributed by atoms with Crippen LogP contribution in [0, 0.1) is 0 Å². The lowest BCUT2D eigenvalue weighted by atomic mass is 10.3. The van der Waals surface area contributed by atoms with Crippen LogP contribution in [0.2, 0.25) is 0 Å². The summed E-state index contributed by atoms with van der Waals surface area (Å²) < 4.78 is 36.2. The molecule has 112 valence electrons. The summed E-state index contributed by atoms with van der Waals surface area (Å²) in [6.45, 7) is 4.35. The van der Waals surface area contributed by atoms with E-state index in [1.165, 1.54) is 12.1 Å². The topological polar surface area (TPSA) is 81.7 Å². The highest BCUT2D eigenvalue weighted by molar-refractivity contribution is 7.89. The monoisotopic (exact) mass is 301 g/mol. The number of carbonyl (C=O) groups is 1. The minimum atomic E-state index is -3.62. The number of esters is 1. The zero-order chi connectivity index (χ0) is 15.0. The van der Waals surface area contributed by atoms with Crippen LogP contribution >= 0.6 is 0 Å². The summed E-state index contributed by atoms with van der Waals surface area (Å²) in [5.41, 5.74) is 0. The fraction of sp³-hybridized carbons (Fsp3) is 0.462. The fourth-order valence-electron chi connectivity index (χ4n) is 1.49. The molecular weight excluding hydrogens is 282 g/mol. The molecule has 0 fully saturated rings. The molecule has 0 aromatic heterocycles. The predicted molar refractivity (Wildman–Crippen MR) is 74.0 cm³/mol. The van der Waals surface area contributed by atoms with Crippen molar-refractivity contribution in [1.82, 2.24) is 4.72 Å². The zero-order valence-corrected chi connectivity index (χ0v) is 12.4. The molecule has 1 aromatic rings. The highest BCUT2D eigenvalue weighted by Gasteiger charge is 2.14. The van der Waals surface area contributed by atoms with Gasteiger partial charge in [-0.1, -0.05) is 0 Å². The Hall–Kier alpha value is -1.60. The molecule has 0 bridgehead atoms. The standard InChI is InChI=1S/C13H19NO5S/c1-3-18-11-5-7-12(8-6-11)20(16,17)14-10-9-13(15)19-4-2/h5-8,14H,3-4,9-10H2,1-2H3. The molecule has 1 aromatic carbocycles. The van der Waals surface area contributed by atoms with Gasteiger partial charge in [-0.15, -0.1) is 0 Å². The largest absolute Gasteiger partial charge is 0.494 e. The van der Waals surface area contributed by atoms with Gasteiger partial charge in [0.2, 0.25) is 10.0 Å². The molecule has 0 aliphatic carbocycles. The molecule has 1 rings (SSSR count). The average Bonchev–Trinajstić information content (AvgIpc) is 2.40. The Balaban J connectivity index is 2.57. The lowest BCUT2D eigenvalue weighted by molar-refractivity contribution is -0.142. The second-order valence-corrected chi connectivity index (χ2v) is 5.62. The number of nitrogens with one attached hydrogen (secondary N) is 1. The van der Waals surface area contributed by atoms with Crippen molar-refractivity contribution in [1.29, 1.82) is 0 Å². The first kappa shape index (κ1) is 16.5. The third-order valence-electron chi connectivity index (χ3n) is 2.37. The van der Waals surface area contributed by atoms with E-state index in [1.54, 1.807) is 19.1 Å². The van der Waals surface area contributed by atoms with Crippen LogP contribution in [0.25, 0.3) is 0 Å². The van der Waals surface area contributed by atoms with Gasteiger partial charge in [0.25, 0.3) is 0 Å². The molecule has 0 atom stereocenters. The van der Waals surface area contributed by atoms with Crippen LogP contribution in [0.15, 0.2) is 29.2 Å². The van der Waals surface area contributed by atoms with Gasteiger partial charge in [0, 0.05) is 6.54 Å². The summed E-state index contributed by atoms with van der Waals surface area (Å²) in [5.74, 6) is 0.180. The highest BCUT2D eigenvalue weighted by Crippen LogP contribution is 2.15. The third-order valence-corrected chi connectivity index (χ3v) is 3.85. The summed E-state index contributed by atoms with van der Waals surface area (Å²) in [4.78, 5) is 11.2. The van der Waals surface area contributed by atoms with Gasteiger partial charge >= 0.3 is 5.97 Å². The SMILES string of the molecule is CCOC(=O)CCNS(=O)(=O)c1ccc(OCC)cc1. The first-order valence-corrected chi connectivity index (χ1v) is 7.86. The highest BCUT2D eigenvalue weighted by atomic mass is 32.2. The van der Waals surface area contributed by atoms with Gasteiger partial charge in [0.05, 0.1) is 24.5 Å².